The van der Waals surface area contributed by atoms with Gasteiger partial charge in [-0.25, -0.2) is 0 Å². The molecule has 0 saturated carbocycles. The number of aliphatic hydroxyl groups excluding tert-OH is 1. The zero-order valence-corrected chi connectivity index (χ0v) is 7.92. The minimum Gasteiger partial charge on any atom is -0.395 e. The predicted molar refractivity (Wildman–Crippen MR) is 45.6 cm³/mol. The van der Waals surface area contributed by atoms with Crippen LogP contribution in [0.25, 0.3) is 0 Å². The predicted octanol–water partition coefficient (Wildman–Crippen LogP) is -0.812. The van der Waals surface area contributed by atoms with E-state index < -0.39 is 10.1 Å². The summed E-state index contributed by atoms with van der Waals surface area (Å²) in [5.74, 6) is -0.277. The van der Waals surface area contributed by atoms with Crippen molar-refractivity contribution >= 4 is 10.1 Å². The molecule has 2 N–H and O–H groups in total. The lowest BCUT2D eigenvalue weighted by molar-refractivity contribution is 0.208. The molecule has 0 heterocycles. The molecule has 0 aromatic carbocycles. The van der Waals surface area contributed by atoms with Crippen molar-refractivity contribution in [1.82, 2.24) is 4.90 Å². The number of hydrogen-bond donors (Lipinski definition) is 2. The van der Waals surface area contributed by atoms with Crippen molar-refractivity contribution in [3.63, 3.8) is 0 Å². The van der Waals surface area contributed by atoms with E-state index in [1.54, 1.807) is 4.90 Å². The fourth-order valence-electron chi connectivity index (χ4n) is 0.814. The van der Waals surface area contributed by atoms with E-state index in [-0.39, 0.29) is 18.9 Å². The van der Waals surface area contributed by atoms with Gasteiger partial charge in [0.1, 0.15) is 0 Å². The fourth-order valence-corrected chi connectivity index (χ4v) is 1.30. The largest absolute Gasteiger partial charge is 0.395 e. The first-order chi connectivity index (χ1) is 5.49. The summed E-state index contributed by atoms with van der Waals surface area (Å²) in [7, 11) is -3.87. The molecule has 0 atom stereocenters. The van der Waals surface area contributed by atoms with Gasteiger partial charge in [-0.2, -0.15) is 8.42 Å². The Hall–Kier alpha value is -0.170. The maximum absolute atomic E-state index is 10.3. The zero-order chi connectivity index (χ0) is 9.61. The van der Waals surface area contributed by atoms with E-state index in [2.05, 4.69) is 0 Å². The van der Waals surface area contributed by atoms with E-state index in [1.807, 2.05) is 6.92 Å². The molecular formula is C6H15NO4S. The first kappa shape index (κ1) is 11.8. The molecule has 0 aliphatic carbocycles. The lowest BCUT2D eigenvalue weighted by atomic mass is 10.5. The summed E-state index contributed by atoms with van der Waals surface area (Å²) in [4.78, 5) is 1.74. The Bertz CT molecular complexity index is 202. The second-order valence-corrected chi connectivity index (χ2v) is 4.02. The first-order valence-corrected chi connectivity index (χ1v) is 5.39. The first-order valence-electron chi connectivity index (χ1n) is 3.78. The molecule has 5 nitrogen and oxygen atoms in total. The van der Waals surface area contributed by atoms with Gasteiger partial charge in [-0.05, 0) is 6.54 Å². The summed E-state index contributed by atoms with van der Waals surface area (Å²) < 4.78 is 29.1. The van der Waals surface area contributed by atoms with Gasteiger partial charge in [-0.3, -0.25) is 4.55 Å². The number of likely N-dealkylation sites (N-methyl/N-ethyl adjacent to an activating group) is 1. The van der Waals surface area contributed by atoms with Crippen LogP contribution >= 0.6 is 0 Å². The maximum atomic E-state index is 10.3. The molecule has 0 rings (SSSR count). The maximum Gasteiger partial charge on any atom is 0.266 e. The molecule has 0 radical (unpaired) electrons. The van der Waals surface area contributed by atoms with Gasteiger partial charge < -0.3 is 10.0 Å². The van der Waals surface area contributed by atoms with Crippen molar-refractivity contribution in [3.8, 4) is 0 Å². The molecule has 12 heavy (non-hydrogen) atoms. The quantitative estimate of drug-likeness (QED) is 0.544. The van der Waals surface area contributed by atoms with Gasteiger partial charge >= 0.3 is 0 Å². The van der Waals surface area contributed by atoms with E-state index in [9.17, 15) is 8.42 Å². The Morgan fingerprint density at radius 1 is 1.33 bits per heavy atom. The third kappa shape index (κ3) is 6.53. The molecule has 0 spiro atoms. The number of hydrogen-bond acceptors (Lipinski definition) is 4. The van der Waals surface area contributed by atoms with Gasteiger partial charge in [-0.15, -0.1) is 0 Å². The molecule has 0 aliphatic rings. The summed E-state index contributed by atoms with van der Waals surface area (Å²) in [6, 6.07) is 0. The molecule has 0 fully saturated rings. The number of rotatable bonds is 6. The van der Waals surface area contributed by atoms with Crippen LogP contribution in [0.5, 0.6) is 0 Å². The molecule has 0 aliphatic heterocycles. The van der Waals surface area contributed by atoms with Gasteiger partial charge in [0.05, 0.1) is 12.4 Å². The highest BCUT2D eigenvalue weighted by Gasteiger charge is 2.07. The normalized spacial score (nSPS) is 12.3. The van der Waals surface area contributed by atoms with Gasteiger partial charge in [-0.1, -0.05) is 6.92 Å². The Morgan fingerprint density at radius 2 is 1.92 bits per heavy atom. The van der Waals surface area contributed by atoms with E-state index in [0.717, 1.165) is 0 Å². The van der Waals surface area contributed by atoms with Crippen molar-refractivity contribution in [2.45, 2.75) is 6.92 Å². The van der Waals surface area contributed by atoms with Crippen LogP contribution in [0, 0.1) is 0 Å². The Balaban J connectivity index is 3.73. The Morgan fingerprint density at radius 3 is 2.25 bits per heavy atom. The molecule has 74 valence electrons. The molecule has 0 saturated heterocycles. The third-order valence-electron chi connectivity index (χ3n) is 1.53. The fraction of sp³-hybridized carbons (Fsp3) is 1.00. The molecule has 0 aromatic heterocycles. The van der Waals surface area contributed by atoms with Crippen LogP contribution in [0.4, 0.5) is 0 Å². The van der Waals surface area contributed by atoms with Crippen molar-refractivity contribution in [1.29, 1.82) is 0 Å². The second-order valence-electron chi connectivity index (χ2n) is 2.44. The van der Waals surface area contributed by atoms with Crippen LogP contribution in [-0.4, -0.2) is 55.0 Å². The van der Waals surface area contributed by atoms with Crippen LogP contribution in [0.1, 0.15) is 6.92 Å². The molecule has 0 amide bonds. The zero-order valence-electron chi connectivity index (χ0n) is 7.10. The van der Waals surface area contributed by atoms with E-state index >= 15 is 0 Å². The highest BCUT2D eigenvalue weighted by Crippen LogP contribution is 1.89. The van der Waals surface area contributed by atoms with E-state index in [4.69, 9.17) is 9.66 Å². The molecular weight excluding hydrogens is 182 g/mol. The number of aliphatic hydroxyl groups is 1. The Labute approximate surface area is 72.7 Å². The molecule has 6 heteroatoms. The van der Waals surface area contributed by atoms with Gasteiger partial charge in [0.25, 0.3) is 10.1 Å². The van der Waals surface area contributed by atoms with Crippen molar-refractivity contribution < 1.29 is 18.1 Å². The van der Waals surface area contributed by atoms with Crippen LogP contribution in [0.15, 0.2) is 0 Å². The molecule has 0 unspecified atom stereocenters. The summed E-state index contributed by atoms with van der Waals surface area (Å²) in [5, 5.41) is 8.54. The van der Waals surface area contributed by atoms with Gasteiger partial charge in [0.15, 0.2) is 0 Å². The van der Waals surface area contributed by atoms with E-state index in [0.29, 0.717) is 13.1 Å². The lowest BCUT2D eigenvalue weighted by Gasteiger charge is -2.17. The lowest BCUT2D eigenvalue weighted by Crippen LogP contribution is -2.31. The SMILES string of the molecule is CCN(CCO)CCS(=O)(=O)O. The summed E-state index contributed by atoms with van der Waals surface area (Å²) in [6.45, 7) is 3.22. The topological polar surface area (TPSA) is 77.8 Å². The van der Waals surface area contributed by atoms with Crippen molar-refractivity contribution in [3.05, 3.63) is 0 Å². The van der Waals surface area contributed by atoms with Crippen LogP contribution in [0.2, 0.25) is 0 Å². The average Bonchev–Trinajstić information content (AvgIpc) is 1.96. The van der Waals surface area contributed by atoms with Crippen molar-refractivity contribution in [2.24, 2.45) is 0 Å². The minimum absolute atomic E-state index is 0.000678. The smallest absolute Gasteiger partial charge is 0.266 e. The third-order valence-corrected chi connectivity index (χ3v) is 2.23. The molecule has 0 aromatic rings. The molecule has 0 bridgehead atoms. The van der Waals surface area contributed by atoms with Crippen molar-refractivity contribution in [2.75, 3.05) is 32.0 Å². The Kier molecular flexibility index (Phi) is 5.39. The average molecular weight is 197 g/mol. The minimum atomic E-state index is -3.87. The van der Waals surface area contributed by atoms with Crippen LogP contribution in [-0.2, 0) is 10.1 Å². The van der Waals surface area contributed by atoms with Gasteiger partial charge in [0, 0.05) is 13.1 Å². The highest BCUT2D eigenvalue weighted by atomic mass is 32.2. The summed E-state index contributed by atoms with van der Waals surface area (Å²) >= 11 is 0. The van der Waals surface area contributed by atoms with Crippen LogP contribution < -0.4 is 0 Å². The highest BCUT2D eigenvalue weighted by molar-refractivity contribution is 7.85. The standard InChI is InChI=1S/C6H15NO4S/c1-2-7(3-5-8)4-6-12(9,10)11/h8H,2-6H2,1H3,(H,9,10,11). The summed E-state index contributed by atoms with van der Waals surface area (Å²) in [5.41, 5.74) is 0. The van der Waals surface area contributed by atoms with Gasteiger partial charge in [0.2, 0.25) is 0 Å². The number of nitrogens with zero attached hydrogens (tertiary/aromatic N) is 1. The summed E-state index contributed by atoms with van der Waals surface area (Å²) in [6.07, 6.45) is 0. The monoisotopic (exact) mass is 197 g/mol. The second kappa shape index (κ2) is 5.47. The van der Waals surface area contributed by atoms with E-state index in [1.165, 1.54) is 0 Å². The van der Waals surface area contributed by atoms with Crippen LogP contribution in [0.3, 0.4) is 0 Å².